The molecule has 1 heteroatoms. The number of hydrogen-bond acceptors (Lipinski definition) is 1. The van der Waals surface area contributed by atoms with Crippen LogP contribution in [0.3, 0.4) is 0 Å². The monoisotopic (exact) mass is 204 g/mol. The molecule has 0 atom stereocenters. The van der Waals surface area contributed by atoms with Gasteiger partial charge in [-0.2, -0.15) is 0 Å². The Labute approximate surface area is 92.5 Å². The molecule has 15 heavy (non-hydrogen) atoms. The van der Waals surface area contributed by atoms with Crippen LogP contribution in [0.1, 0.15) is 50.7 Å². The highest BCUT2D eigenvalue weighted by Gasteiger charge is 2.37. The molecule has 82 valence electrons. The van der Waals surface area contributed by atoms with Crippen LogP contribution in [0.2, 0.25) is 0 Å². The molecule has 0 aliphatic carbocycles. The Balaban J connectivity index is 2.35. The number of hydrogen-bond donors (Lipinski definition) is 0. The fourth-order valence-electron chi connectivity index (χ4n) is 2.73. The molecule has 0 saturated carbocycles. The van der Waals surface area contributed by atoms with Crippen LogP contribution in [0.4, 0.5) is 0 Å². The number of rotatable bonds is 4. The molecular formula is C14H20O. The van der Waals surface area contributed by atoms with Crippen LogP contribution < -0.4 is 0 Å². The van der Waals surface area contributed by atoms with Gasteiger partial charge >= 0.3 is 0 Å². The van der Waals surface area contributed by atoms with Gasteiger partial charge in [0.2, 0.25) is 0 Å². The Hall–Kier alpha value is -0.820. The Morgan fingerprint density at radius 1 is 1.13 bits per heavy atom. The Morgan fingerprint density at radius 3 is 2.47 bits per heavy atom. The highest BCUT2D eigenvalue weighted by molar-refractivity contribution is 5.35. The van der Waals surface area contributed by atoms with E-state index in [0.29, 0.717) is 0 Å². The predicted octanol–water partition coefficient (Wildman–Crippen LogP) is 4.01. The van der Waals surface area contributed by atoms with Crippen LogP contribution in [-0.2, 0) is 16.9 Å². The van der Waals surface area contributed by atoms with Gasteiger partial charge in [0.05, 0.1) is 12.2 Å². The lowest BCUT2D eigenvalue weighted by molar-refractivity contribution is -0.0517. The van der Waals surface area contributed by atoms with E-state index in [1.165, 1.54) is 24.0 Å². The molecule has 0 aromatic heterocycles. The van der Waals surface area contributed by atoms with E-state index in [9.17, 15) is 0 Å². The molecule has 1 aromatic carbocycles. The van der Waals surface area contributed by atoms with E-state index in [1.807, 2.05) is 0 Å². The van der Waals surface area contributed by atoms with Crippen molar-refractivity contribution in [1.29, 1.82) is 0 Å². The van der Waals surface area contributed by atoms with Crippen molar-refractivity contribution in [3.63, 3.8) is 0 Å². The van der Waals surface area contributed by atoms with E-state index in [1.54, 1.807) is 0 Å². The van der Waals surface area contributed by atoms with Crippen LogP contribution in [0.25, 0.3) is 0 Å². The first-order valence-corrected chi connectivity index (χ1v) is 6.05. The summed E-state index contributed by atoms with van der Waals surface area (Å²) in [5.41, 5.74) is 2.85. The zero-order valence-corrected chi connectivity index (χ0v) is 9.75. The van der Waals surface area contributed by atoms with Gasteiger partial charge in [-0.05, 0) is 24.0 Å². The normalized spacial score (nSPS) is 17.7. The summed E-state index contributed by atoms with van der Waals surface area (Å²) < 4.78 is 6.09. The van der Waals surface area contributed by atoms with Crippen molar-refractivity contribution in [3.05, 3.63) is 35.4 Å². The van der Waals surface area contributed by atoms with Gasteiger partial charge in [0.1, 0.15) is 0 Å². The fourth-order valence-corrected chi connectivity index (χ4v) is 2.73. The van der Waals surface area contributed by atoms with Gasteiger partial charge in [0.25, 0.3) is 0 Å². The van der Waals surface area contributed by atoms with Crippen molar-refractivity contribution < 1.29 is 4.74 Å². The highest BCUT2D eigenvalue weighted by Crippen LogP contribution is 2.43. The molecule has 0 saturated heterocycles. The molecule has 2 rings (SSSR count). The van der Waals surface area contributed by atoms with Gasteiger partial charge in [0.15, 0.2) is 0 Å². The topological polar surface area (TPSA) is 9.23 Å². The van der Waals surface area contributed by atoms with Crippen molar-refractivity contribution in [2.45, 2.75) is 51.7 Å². The van der Waals surface area contributed by atoms with Gasteiger partial charge in [0, 0.05) is 0 Å². The van der Waals surface area contributed by atoms with Crippen molar-refractivity contribution in [3.8, 4) is 0 Å². The maximum Gasteiger partial charge on any atom is 0.0939 e. The molecule has 1 aliphatic heterocycles. The second-order valence-corrected chi connectivity index (χ2v) is 4.44. The second kappa shape index (κ2) is 4.36. The Bertz CT molecular complexity index is 318. The molecule has 0 unspecified atom stereocenters. The van der Waals surface area contributed by atoms with Gasteiger partial charge in [-0.25, -0.2) is 0 Å². The summed E-state index contributed by atoms with van der Waals surface area (Å²) in [5, 5.41) is 0. The van der Waals surface area contributed by atoms with Crippen LogP contribution in [0, 0.1) is 0 Å². The third-order valence-corrected chi connectivity index (χ3v) is 3.32. The molecule has 0 spiro atoms. The second-order valence-electron chi connectivity index (χ2n) is 4.44. The molecule has 1 aromatic rings. The van der Waals surface area contributed by atoms with Crippen molar-refractivity contribution in [2.24, 2.45) is 0 Å². The maximum atomic E-state index is 6.09. The fraction of sp³-hybridized carbons (Fsp3) is 0.571. The van der Waals surface area contributed by atoms with E-state index < -0.39 is 0 Å². The summed E-state index contributed by atoms with van der Waals surface area (Å²) >= 11 is 0. The third-order valence-electron chi connectivity index (χ3n) is 3.32. The molecule has 0 amide bonds. The summed E-state index contributed by atoms with van der Waals surface area (Å²) in [4.78, 5) is 0. The quantitative estimate of drug-likeness (QED) is 0.720. The van der Waals surface area contributed by atoms with Crippen LogP contribution in [-0.4, -0.2) is 0 Å². The molecule has 0 fully saturated rings. The number of benzene rings is 1. The smallest absolute Gasteiger partial charge is 0.0939 e. The van der Waals surface area contributed by atoms with Crippen molar-refractivity contribution >= 4 is 0 Å². The molecule has 0 bridgehead atoms. The zero-order chi connectivity index (χ0) is 10.7. The zero-order valence-electron chi connectivity index (χ0n) is 9.75. The first kappa shape index (κ1) is 10.7. The summed E-state index contributed by atoms with van der Waals surface area (Å²) in [6.07, 6.45) is 4.68. The molecular weight excluding hydrogens is 184 g/mol. The Kier molecular flexibility index (Phi) is 3.11. The van der Waals surface area contributed by atoms with Gasteiger partial charge < -0.3 is 4.74 Å². The van der Waals surface area contributed by atoms with Crippen molar-refractivity contribution in [2.75, 3.05) is 0 Å². The van der Waals surface area contributed by atoms with Crippen LogP contribution >= 0.6 is 0 Å². The molecule has 1 heterocycles. The SMILES string of the molecule is CCCC1(CCC)OCc2ccccc21. The standard InChI is InChI=1S/C14H20O/c1-3-9-14(10-4-2)13-8-6-5-7-12(13)11-15-14/h5-8H,3-4,9-11H2,1-2H3. The maximum absolute atomic E-state index is 6.09. The average molecular weight is 204 g/mol. The van der Waals surface area contributed by atoms with Gasteiger partial charge in [-0.15, -0.1) is 0 Å². The summed E-state index contributed by atoms with van der Waals surface area (Å²) in [7, 11) is 0. The van der Waals surface area contributed by atoms with Gasteiger partial charge in [-0.1, -0.05) is 51.0 Å². The molecule has 0 radical (unpaired) electrons. The van der Waals surface area contributed by atoms with Gasteiger partial charge in [-0.3, -0.25) is 0 Å². The summed E-state index contributed by atoms with van der Waals surface area (Å²) in [6, 6.07) is 8.68. The Morgan fingerprint density at radius 2 is 1.80 bits per heavy atom. The molecule has 0 N–H and O–H groups in total. The molecule has 1 aliphatic rings. The lowest BCUT2D eigenvalue weighted by atomic mass is 9.85. The third kappa shape index (κ3) is 1.81. The van der Waals surface area contributed by atoms with E-state index in [-0.39, 0.29) is 5.60 Å². The largest absolute Gasteiger partial charge is 0.366 e. The minimum atomic E-state index is 0.0279. The van der Waals surface area contributed by atoms with Crippen LogP contribution in [0.15, 0.2) is 24.3 Å². The lowest BCUT2D eigenvalue weighted by Crippen LogP contribution is -2.24. The number of ether oxygens (including phenoxy) is 1. The van der Waals surface area contributed by atoms with E-state index >= 15 is 0 Å². The first-order valence-electron chi connectivity index (χ1n) is 6.05. The van der Waals surface area contributed by atoms with E-state index in [2.05, 4.69) is 38.1 Å². The van der Waals surface area contributed by atoms with E-state index in [0.717, 1.165) is 19.4 Å². The van der Waals surface area contributed by atoms with Crippen molar-refractivity contribution in [1.82, 2.24) is 0 Å². The van der Waals surface area contributed by atoms with Crippen LogP contribution in [0.5, 0.6) is 0 Å². The summed E-state index contributed by atoms with van der Waals surface area (Å²) in [6.45, 7) is 5.28. The molecule has 1 nitrogen and oxygen atoms in total. The average Bonchev–Trinajstić information content (AvgIpc) is 2.60. The summed E-state index contributed by atoms with van der Waals surface area (Å²) in [5.74, 6) is 0. The predicted molar refractivity (Wildman–Crippen MR) is 62.7 cm³/mol. The minimum Gasteiger partial charge on any atom is -0.366 e. The lowest BCUT2D eigenvalue weighted by Gasteiger charge is -2.29. The highest BCUT2D eigenvalue weighted by atomic mass is 16.5. The minimum absolute atomic E-state index is 0.0279. The first-order chi connectivity index (χ1) is 7.32. The number of fused-ring (bicyclic) bond motifs is 1. The van der Waals surface area contributed by atoms with E-state index in [4.69, 9.17) is 4.74 Å².